The van der Waals surface area contributed by atoms with Crippen LogP contribution in [0.25, 0.3) is 22.7 Å². The van der Waals surface area contributed by atoms with Crippen molar-refractivity contribution in [2.45, 2.75) is 24.8 Å². The molecule has 2 N–H and O–H groups in total. The Bertz CT molecular complexity index is 1010. The number of aromatic nitrogens is 4. The first kappa shape index (κ1) is 18.2. The lowest BCUT2D eigenvalue weighted by Crippen LogP contribution is -2.11. The van der Waals surface area contributed by atoms with E-state index in [9.17, 15) is 4.39 Å². The lowest BCUT2D eigenvalue weighted by Gasteiger charge is -2.03. The standard InChI is InChI=1S/C20H18FN5OS/c1-12-3-5-15(6-4-12)19-23-24-20(26(19)22)28-11-17-13(2)18(27-25-17)14-7-9-16(21)10-8-14/h3-10H,11,22H2,1-2H3. The second-order valence-corrected chi connectivity index (χ2v) is 7.36. The van der Waals surface area contributed by atoms with E-state index < -0.39 is 0 Å². The van der Waals surface area contributed by atoms with Crippen LogP contribution in [-0.4, -0.2) is 20.0 Å². The van der Waals surface area contributed by atoms with Crippen molar-refractivity contribution in [2.75, 3.05) is 5.84 Å². The van der Waals surface area contributed by atoms with Crippen LogP contribution in [0.2, 0.25) is 0 Å². The lowest BCUT2D eigenvalue weighted by molar-refractivity contribution is 0.426. The molecule has 2 aromatic carbocycles. The first-order chi connectivity index (χ1) is 13.5. The van der Waals surface area contributed by atoms with E-state index in [-0.39, 0.29) is 5.82 Å². The van der Waals surface area contributed by atoms with Gasteiger partial charge in [-0.2, -0.15) is 0 Å². The van der Waals surface area contributed by atoms with Crippen molar-refractivity contribution >= 4 is 11.8 Å². The van der Waals surface area contributed by atoms with Gasteiger partial charge in [-0.3, -0.25) is 0 Å². The number of rotatable bonds is 5. The van der Waals surface area contributed by atoms with Gasteiger partial charge in [-0.05, 0) is 38.1 Å². The van der Waals surface area contributed by atoms with E-state index in [1.807, 2.05) is 38.1 Å². The number of nitrogens with zero attached hydrogens (tertiary/aromatic N) is 4. The largest absolute Gasteiger partial charge is 0.356 e. The molecule has 0 atom stereocenters. The van der Waals surface area contributed by atoms with Crippen molar-refractivity contribution in [1.29, 1.82) is 0 Å². The van der Waals surface area contributed by atoms with Gasteiger partial charge in [-0.15, -0.1) is 10.2 Å². The van der Waals surface area contributed by atoms with Gasteiger partial charge in [0.05, 0.1) is 5.69 Å². The van der Waals surface area contributed by atoms with Crippen molar-refractivity contribution < 1.29 is 8.91 Å². The van der Waals surface area contributed by atoms with E-state index in [0.717, 1.165) is 22.4 Å². The summed E-state index contributed by atoms with van der Waals surface area (Å²) in [4.78, 5) is 0. The van der Waals surface area contributed by atoms with Crippen molar-refractivity contribution in [1.82, 2.24) is 20.0 Å². The molecule has 0 saturated heterocycles. The fourth-order valence-corrected chi connectivity index (χ4v) is 3.64. The van der Waals surface area contributed by atoms with Crippen molar-refractivity contribution in [3.63, 3.8) is 0 Å². The summed E-state index contributed by atoms with van der Waals surface area (Å²) in [5.41, 5.74) is 4.54. The SMILES string of the molecule is Cc1ccc(-c2nnc(SCc3noc(-c4ccc(F)cc4)c3C)n2N)cc1. The Kier molecular flexibility index (Phi) is 4.87. The van der Waals surface area contributed by atoms with Gasteiger partial charge in [0.2, 0.25) is 5.16 Å². The summed E-state index contributed by atoms with van der Waals surface area (Å²) in [6, 6.07) is 14.1. The normalized spacial score (nSPS) is 11.1. The van der Waals surface area contributed by atoms with Crippen LogP contribution < -0.4 is 5.84 Å². The predicted molar refractivity (Wildman–Crippen MR) is 107 cm³/mol. The molecule has 0 spiro atoms. The summed E-state index contributed by atoms with van der Waals surface area (Å²) >= 11 is 1.43. The zero-order chi connectivity index (χ0) is 19.7. The summed E-state index contributed by atoms with van der Waals surface area (Å²) in [6.45, 7) is 3.95. The minimum atomic E-state index is -0.289. The van der Waals surface area contributed by atoms with Gasteiger partial charge in [-0.25, -0.2) is 9.07 Å². The van der Waals surface area contributed by atoms with Crippen molar-refractivity contribution in [3.05, 3.63) is 71.2 Å². The fraction of sp³-hybridized carbons (Fsp3) is 0.150. The van der Waals surface area contributed by atoms with Gasteiger partial charge < -0.3 is 10.4 Å². The van der Waals surface area contributed by atoms with E-state index in [1.165, 1.54) is 34.1 Å². The summed E-state index contributed by atoms with van der Waals surface area (Å²) < 4.78 is 20.1. The number of aryl methyl sites for hydroxylation is 1. The summed E-state index contributed by atoms with van der Waals surface area (Å²) in [6.07, 6.45) is 0. The second-order valence-electron chi connectivity index (χ2n) is 6.42. The van der Waals surface area contributed by atoms with Crippen LogP contribution in [0.5, 0.6) is 0 Å². The third-order valence-electron chi connectivity index (χ3n) is 4.44. The zero-order valence-electron chi connectivity index (χ0n) is 15.4. The minimum Gasteiger partial charge on any atom is -0.356 e. The van der Waals surface area contributed by atoms with Crippen LogP contribution in [0, 0.1) is 19.7 Å². The monoisotopic (exact) mass is 395 g/mol. The third kappa shape index (κ3) is 3.50. The van der Waals surface area contributed by atoms with Crippen LogP contribution in [0.4, 0.5) is 4.39 Å². The van der Waals surface area contributed by atoms with E-state index in [0.29, 0.717) is 22.5 Å². The number of hydrogen-bond acceptors (Lipinski definition) is 6. The highest BCUT2D eigenvalue weighted by Gasteiger charge is 2.17. The topological polar surface area (TPSA) is 82.8 Å². The summed E-state index contributed by atoms with van der Waals surface area (Å²) in [7, 11) is 0. The molecule has 6 nitrogen and oxygen atoms in total. The Balaban J connectivity index is 1.51. The molecule has 0 aliphatic carbocycles. The highest BCUT2D eigenvalue weighted by molar-refractivity contribution is 7.98. The maximum Gasteiger partial charge on any atom is 0.210 e. The first-order valence-corrected chi connectivity index (χ1v) is 9.63. The average Bonchev–Trinajstić information content (AvgIpc) is 3.24. The van der Waals surface area contributed by atoms with Gasteiger partial charge in [0.25, 0.3) is 0 Å². The molecule has 0 radical (unpaired) electrons. The van der Waals surface area contributed by atoms with E-state index >= 15 is 0 Å². The van der Waals surface area contributed by atoms with Crippen molar-refractivity contribution in [2.24, 2.45) is 0 Å². The summed E-state index contributed by atoms with van der Waals surface area (Å²) in [5, 5.41) is 13.1. The van der Waals surface area contributed by atoms with E-state index in [2.05, 4.69) is 15.4 Å². The Morgan fingerprint density at radius 1 is 1.00 bits per heavy atom. The highest BCUT2D eigenvalue weighted by atomic mass is 32.2. The van der Waals surface area contributed by atoms with Gasteiger partial charge >= 0.3 is 0 Å². The van der Waals surface area contributed by atoms with Gasteiger partial charge in [-0.1, -0.05) is 46.7 Å². The molecule has 0 aliphatic heterocycles. The molecule has 2 aromatic heterocycles. The number of benzene rings is 2. The quantitative estimate of drug-likeness (QED) is 0.399. The molecule has 4 rings (SSSR count). The number of nitrogen functional groups attached to an aromatic ring is 1. The molecule has 0 amide bonds. The van der Waals surface area contributed by atoms with Crippen molar-refractivity contribution in [3.8, 4) is 22.7 Å². The average molecular weight is 395 g/mol. The number of hydrogen-bond donors (Lipinski definition) is 1. The molecule has 0 saturated carbocycles. The molecule has 0 aliphatic rings. The molecule has 0 fully saturated rings. The minimum absolute atomic E-state index is 0.289. The Morgan fingerprint density at radius 2 is 1.68 bits per heavy atom. The maximum absolute atomic E-state index is 13.1. The van der Waals surface area contributed by atoms with Crippen LogP contribution in [0.1, 0.15) is 16.8 Å². The van der Waals surface area contributed by atoms with Crippen LogP contribution >= 0.6 is 11.8 Å². The highest BCUT2D eigenvalue weighted by Crippen LogP contribution is 2.30. The molecule has 142 valence electrons. The van der Waals surface area contributed by atoms with E-state index in [4.69, 9.17) is 10.4 Å². The smallest absolute Gasteiger partial charge is 0.210 e. The molecule has 8 heteroatoms. The zero-order valence-corrected chi connectivity index (χ0v) is 16.2. The predicted octanol–water partition coefficient (Wildman–Crippen LogP) is 4.36. The number of nitrogens with two attached hydrogens (primary N) is 1. The second kappa shape index (κ2) is 7.47. The first-order valence-electron chi connectivity index (χ1n) is 8.64. The van der Waals surface area contributed by atoms with Crippen LogP contribution in [-0.2, 0) is 5.75 Å². The molecular weight excluding hydrogens is 377 g/mol. The molecule has 0 bridgehead atoms. The van der Waals surface area contributed by atoms with Crippen LogP contribution in [0.3, 0.4) is 0 Å². The van der Waals surface area contributed by atoms with Crippen LogP contribution in [0.15, 0.2) is 58.2 Å². The van der Waals surface area contributed by atoms with Gasteiger partial charge in [0.1, 0.15) is 5.82 Å². The van der Waals surface area contributed by atoms with Gasteiger partial charge in [0.15, 0.2) is 11.6 Å². The molecule has 4 aromatic rings. The Hall–Kier alpha value is -3.13. The lowest BCUT2D eigenvalue weighted by atomic mass is 10.1. The fourth-order valence-electron chi connectivity index (χ4n) is 2.78. The van der Waals surface area contributed by atoms with E-state index in [1.54, 1.807) is 12.1 Å². The Labute approximate surface area is 165 Å². The maximum atomic E-state index is 13.1. The molecule has 2 heterocycles. The third-order valence-corrected chi connectivity index (χ3v) is 5.39. The molecular formula is C20H18FN5OS. The number of halogens is 1. The summed E-state index contributed by atoms with van der Waals surface area (Å²) in [5.74, 6) is 7.65. The van der Waals surface area contributed by atoms with Gasteiger partial charge in [0, 0.05) is 22.4 Å². The molecule has 28 heavy (non-hydrogen) atoms. The number of thioether (sulfide) groups is 1. The molecule has 0 unspecified atom stereocenters. The Morgan fingerprint density at radius 3 is 2.39 bits per heavy atom.